The molecule has 2 heteroatoms. The van der Waals surface area contributed by atoms with E-state index in [9.17, 15) is 0 Å². The van der Waals surface area contributed by atoms with Crippen LogP contribution in [-0.2, 0) is 0 Å². The largest absolute Gasteiger partial charge is 0.313 e. The molecular weight excluding hydrogens is 232 g/mol. The van der Waals surface area contributed by atoms with Crippen molar-refractivity contribution < 1.29 is 0 Å². The van der Waals surface area contributed by atoms with E-state index in [1.807, 2.05) is 0 Å². The first kappa shape index (κ1) is 17.0. The lowest BCUT2D eigenvalue weighted by Crippen LogP contribution is -2.46. The van der Waals surface area contributed by atoms with E-state index >= 15 is 0 Å². The number of hydrogen-bond acceptors (Lipinski definition) is 2. The van der Waals surface area contributed by atoms with Crippen LogP contribution in [0.3, 0.4) is 0 Å². The van der Waals surface area contributed by atoms with Crippen molar-refractivity contribution in [1.29, 1.82) is 0 Å². The van der Waals surface area contributed by atoms with Gasteiger partial charge in [-0.2, -0.15) is 0 Å². The van der Waals surface area contributed by atoms with Gasteiger partial charge in [-0.3, -0.25) is 0 Å². The summed E-state index contributed by atoms with van der Waals surface area (Å²) in [6.45, 7) is 19.0. The third-order valence-corrected chi connectivity index (χ3v) is 4.40. The van der Waals surface area contributed by atoms with Crippen LogP contribution in [0.15, 0.2) is 0 Å². The molecule has 0 saturated heterocycles. The summed E-state index contributed by atoms with van der Waals surface area (Å²) >= 11 is 0. The van der Waals surface area contributed by atoms with Gasteiger partial charge < -0.3 is 10.2 Å². The average Bonchev–Trinajstić information content (AvgIpc) is 2.23. The number of hydrogen-bond donors (Lipinski definition) is 1. The molecule has 0 spiro atoms. The van der Waals surface area contributed by atoms with E-state index in [2.05, 4.69) is 51.8 Å². The van der Waals surface area contributed by atoms with Crippen molar-refractivity contribution in [1.82, 2.24) is 10.2 Å². The molecule has 0 heterocycles. The van der Waals surface area contributed by atoms with Gasteiger partial charge in [0, 0.05) is 19.1 Å². The molecule has 0 radical (unpaired) electrons. The summed E-state index contributed by atoms with van der Waals surface area (Å²) in [5.41, 5.74) is 0.987. The Morgan fingerprint density at radius 3 is 2.05 bits per heavy atom. The second-order valence-electron chi connectivity index (χ2n) is 8.00. The van der Waals surface area contributed by atoms with Crippen LogP contribution in [0.2, 0.25) is 0 Å². The normalized spacial score (nSPS) is 22.9. The zero-order valence-electron chi connectivity index (χ0n) is 14.2. The summed E-state index contributed by atoms with van der Waals surface area (Å²) in [5, 5.41) is 3.81. The monoisotopic (exact) mass is 268 g/mol. The standard InChI is InChI=1S/C17H36N2/c1-7-10-19(8-2)11-9-18-15-12-16(3,4)14-17(5,6)13-15/h15,18H,7-14H2,1-6H3. The molecule has 0 aliphatic heterocycles. The molecule has 0 unspecified atom stereocenters. The molecule has 0 bridgehead atoms. The Hall–Kier alpha value is -0.0800. The highest BCUT2D eigenvalue weighted by molar-refractivity contribution is 4.92. The van der Waals surface area contributed by atoms with Crippen LogP contribution in [0.1, 0.15) is 67.2 Å². The fourth-order valence-electron chi connectivity index (χ4n) is 4.16. The van der Waals surface area contributed by atoms with Crippen molar-refractivity contribution in [2.24, 2.45) is 10.8 Å². The van der Waals surface area contributed by atoms with Crippen LogP contribution < -0.4 is 5.32 Å². The molecule has 0 aromatic rings. The predicted octanol–water partition coefficient (Wildman–Crippen LogP) is 3.91. The molecule has 1 saturated carbocycles. The molecule has 0 amide bonds. The molecule has 0 aromatic heterocycles. The first-order chi connectivity index (χ1) is 8.78. The summed E-state index contributed by atoms with van der Waals surface area (Å²) in [6, 6.07) is 0.707. The highest BCUT2D eigenvalue weighted by atomic mass is 15.1. The van der Waals surface area contributed by atoms with Gasteiger partial charge in [0.2, 0.25) is 0 Å². The van der Waals surface area contributed by atoms with Crippen molar-refractivity contribution in [2.45, 2.75) is 73.3 Å². The Kier molecular flexibility index (Phi) is 6.32. The minimum absolute atomic E-state index is 0.493. The average molecular weight is 268 g/mol. The fraction of sp³-hybridized carbons (Fsp3) is 1.00. The molecular formula is C17H36N2. The van der Waals surface area contributed by atoms with Gasteiger partial charge in [-0.1, -0.05) is 41.5 Å². The van der Waals surface area contributed by atoms with Crippen LogP contribution in [0.4, 0.5) is 0 Å². The SMILES string of the molecule is CCCN(CC)CCNC1CC(C)(C)CC(C)(C)C1. The maximum atomic E-state index is 3.81. The molecule has 2 nitrogen and oxygen atoms in total. The molecule has 1 N–H and O–H groups in total. The van der Waals surface area contributed by atoms with Gasteiger partial charge in [0.25, 0.3) is 0 Å². The molecule has 114 valence electrons. The second-order valence-corrected chi connectivity index (χ2v) is 8.00. The Bertz CT molecular complexity index is 242. The zero-order valence-corrected chi connectivity index (χ0v) is 14.2. The third kappa shape index (κ3) is 6.27. The molecule has 1 fully saturated rings. The van der Waals surface area contributed by atoms with Gasteiger partial charge in [0.15, 0.2) is 0 Å². The Balaban J connectivity index is 2.36. The number of nitrogens with zero attached hydrogens (tertiary/aromatic N) is 1. The van der Waals surface area contributed by atoms with Crippen LogP contribution in [-0.4, -0.2) is 37.1 Å². The Labute approximate surface area is 121 Å². The smallest absolute Gasteiger partial charge is 0.0107 e. The van der Waals surface area contributed by atoms with Gasteiger partial charge in [0.1, 0.15) is 0 Å². The lowest BCUT2D eigenvalue weighted by atomic mass is 9.63. The van der Waals surface area contributed by atoms with Crippen LogP contribution in [0.5, 0.6) is 0 Å². The molecule has 1 rings (SSSR count). The topological polar surface area (TPSA) is 15.3 Å². The number of nitrogens with one attached hydrogen (secondary N) is 1. The first-order valence-corrected chi connectivity index (χ1v) is 8.24. The van der Waals surface area contributed by atoms with Crippen molar-refractivity contribution in [3.8, 4) is 0 Å². The fourth-order valence-corrected chi connectivity index (χ4v) is 4.16. The second kappa shape index (κ2) is 7.08. The highest BCUT2D eigenvalue weighted by Crippen LogP contribution is 2.45. The Morgan fingerprint density at radius 2 is 1.58 bits per heavy atom. The third-order valence-electron chi connectivity index (χ3n) is 4.40. The van der Waals surface area contributed by atoms with E-state index in [0.29, 0.717) is 16.9 Å². The van der Waals surface area contributed by atoms with E-state index in [1.165, 1.54) is 45.3 Å². The van der Waals surface area contributed by atoms with Crippen molar-refractivity contribution in [3.63, 3.8) is 0 Å². The maximum Gasteiger partial charge on any atom is 0.0107 e. The van der Waals surface area contributed by atoms with E-state index in [-0.39, 0.29) is 0 Å². The molecule has 0 aromatic carbocycles. The Morgan fingerprint density at radius 1 is 1.00 bits per heavy atom. The quantitative estimate of drug-likeness (QED) is 0.753. The van der Waals surface area contributed by atoms with Crippen LogP contribution in [0, 0.1) is 10.8 Å². The van der Waals surface area contributed by atoms with Gasteiger partial charge in [0.05, 0.1) is 0 Å². The summed E-state index contributed by atoms with van der Waals surface area (Å²) in [4.78, 5) is 2.55. The minimum atomic E-state index is 0.493. The van der Waals surface area contributed by atoms with E-state index in [0.717, 1.165) is 6.54 Å². The van der Waals surface area contributed by atoms with E-state index in [1.54, 1.807) is 0 Å². The summed E-state index contributed by atoms with van der Waals surface area (Å²) in [7, 11) is 0. The lowest BCUT2D eigenvalue weighted by molar-refractivity contribution is 0.0839. The molecule has 19 heavy (non-hydrogen) atoms. The van der Waals surface area contributed by atoms with Gasteiger partial charge in [-0.25, -0.2) is 0 Å². The number of likely N-dealkylation sites (N-methyl/N-ethyl adjacent to an activating group) is 1. The zero-order chi connectivity index (χ0) is 14.5. The van der Waals surface area contributed by atoms with Crippen LogP contribution >= 0.6 is 0 Å². The summed E-state index contributed by atoms with van der Waals surface area (Å²) in [5.74, 6) is 0. The molecule has 0 atom stereocenters. The van der Waals surface area contributed by atoms with Crippen LogP contribution in [0.25, 0.3) is 0 Å². The molecule has 1 aliphatic carbocycles. The van der Waals surface area contributed by atoms with E-state index in [4.69, 9.17) is 0 Å². The van der Waals surface area contributed by atoms with Crippen molar-refractivity contribution >= 4 is 0 Å². The minimum Gasteiger partial charge on any atom is -0.313 e. The molecule has 1 aliphatic rings. The van der Waals surface area contributed by atoms with Gasteiger partial charge in [-0.05, 0) is 49.6 Å². The maximum absolute atomic E-state index is 3.81. The first-order valence-electron chi connectivity index (χ1n) is 8.24. The van der Waals surface area contributed by atoms with E-state index < -0.39 is 0 Å². The highest BCUT2D eigenvalue weighted by Gasteiger charge is 2.37. The predicted molar refractivity (Wildman–Crippen MR) is 85.6 cm³/mol. The van der Waals surface area contributed by atoms with Crippen molar-refractivity contribution in [3.05, 3.63) is 0 Å². The van der Waals surface area contributed by atoms with Crippen molar-refractivity contribution in [2.75, 3.05) is 26.2 Å². The lowest BCUT2D eigenvalue weighted by Gasteiger charge is -2.45. The summed E-state index contributed by atoms with van der Waals surface area (Å²) in [6.07, 6.45) is 5.28. The number of rotatable bonds is 7. The van der Waals surface area contributed by atoms with Gasteiger partial charge >= 0.3 is 0 Å². The summed E-state index contributed by atoms with van der Waals surface area (Å²) < 4.78 is 0. The van der Waals surface area contributed by atoms with Gasteiger partial charge in [-0.15, -0.1) is 0 Å².